The molecule has 0 atom stereocenters. The molecular weight excluding hydrogens is 332 g/mol. The number of benzene rings is 1. The third-order valence-corrected chi connectivity index (χ3v) is 3.73. The lowest BCUT2D eigenvalue weighted by Gasteiger charge is -2.19. The first-order valence-corrected chi connectivity index (χ1v) is 8.05. The molecule has 0 saturated heterocycles. The molecule has 0 aliphatic rings. The number of nitrogens with one attached hydrogen (secondary N) is 1. The van der Waals surface area contributed by atoms with E-state index in [-0.39, 0.29) is 5.56 Å². The molecule has 0 saturated carbocycles. The molecule has 0 aliphatic carbocycles. The number of hydrogen-bond acceptors (Lipinski definition) is 5. The fraction of sp³-hybridized carbons (Fsp3) is 0.263. The Morgan fingerprint density at radius 3 is 2.69 bits per heavy atom. The molecule has 1 N–H and O–H groups in total. The number of ether oxygens (including phenoxy) is 1. The van der Waals surface area contributed by atoms with E-state index in [1.54, 1.807) is 58.2 Å². The topological polar surface area (TPSA) is 101 Å². The molecule has 132 valence electrons. The highest BCUT2D eigenvalue weighted by Crippen LogP contribution is 2.26. The monoisotopic (exact) mass is 350 g/mol. The molecule has 2 heterocycles. The van der Waals surface area contributed by atoms with Crippen LogP contribution in [0.25, 0.3) is 22.0 Å². The van der Waals surface area contributed by atoms with Gasteiger partial charge in [-0.05, 0) is 51.5 Å². The molecule has 7 nitrogen and oxygen atoms in total. The van der Waals surface area contributed by atoms with Crippen LogP contribution in [0.5, 0.6) is 0 Å². The summed E-state index contributed by atoms with van der Waals surface area (Å²) < 4.78 is 6.54. The van der Waals surface area contributed by atoms with Gasteiger partial charge in [0.05, 0.1) is 11.7 Å². The van der Waals surface area contributed by atoms with Gasteiger partial charge in [0.15, 0.2) is 0 Å². The summed E-state index contributed by atoms with van der Waals surface area (Å²) in [7, 11) is 0. The van der Waals surface area contributed by atoms with Crippen LogP contribution in [-0.2, 0) is 4.74 Å². The maximum Gasteiger partial charge on any atom is 0.435 e. The Balaban J connectivity index is 2.10. The summed E-state index contributed by atoms with van der Waals surface area (Å²) in [5.74, 6) is 0. The second kappa shape index (κ2) is 6.15. The highest BCUT2D eigenvalue weighted by atomic mass is 16.6. The van der Waals surface area contributed by atoms with Gasteiger partial charge in [-0.3, -0.25) is 4.79 Å². The Hall–Kier alpha value is -3.40. The number of pyridine rings is 1. The second-order valence-corrected chi connectivity index (χ2v) is 6.99. The number of hydrogen-bond donors (Lipinski definition) is 1. The van der Waals surface area contributed by atoms with E-state index in [1.807, 2.05) is 6.07 Å². The molecule has 0 radical (unpaired) electrons. The molecule has 0 fully saturated rings. The summed E-state index contributed by atoms with van der Waals surface area (Å²) in [4.78, 5) is 26.9. The average Bonchev–Trinajstić information content (AvgIpc) is 2.95. The number of aromatic amines is 1. The summed E-state index contributed by atoms with van der Waals surface area (Å²) in [5.41, 5.74) is 1.49. The van der Waals surface area contributed by atoms with Crippen molar-refractivity contribution in [3.8, 4) is 17.2 Å². The van der Waals surface area contributed by atoms with E-state index in [9.17, 15) is 14.9 Å². The number of aryl methyl sites for hydroxylation is 1. The molecule has 3 rings (SSSR count). The number of aromatic nitrogens is 3. The maximum absolute atomic E-state index is 12.3. The van der Waals surface area contributed by atoms with Gasteiger partial charge >= 0.3 is 6.09 Å². The molecule has 3 aromatic rings. The van der Waals surface area contributed by atoms with Crippen LogP contribution in [-0.4, -0.2) is 26.5 Å². The molecule has 0 unspecified atom stereocenters. The van der Waals surface area contributed by atoms with Gasteiger partial charge in [-0.15, -0.1) is 0 Å². The normalized spacial score (nSPS) is 11.3. The van der Waals surface area contributed by atoms with Crippen molar-refractivity contribution in [2.45, 2.75) is 33.3 Å². The van der Waals surface area contributed by atoms with Gasteiger partial charge in [0.25, 0.3) is 5.56 Å². The Bertz CT molecular complexity index is 1110. The van der Waals surface area contributed by atoms with Crippen LogP contribution < -0.4 is 5.56 Å². The Labute approximate surface area is 149 Å². The number of nitriles is 1. The standard InChI is InChI=1S/C19H18N4O3/c1-11-7-14(15(9-20)17(24)22-11)12-5-6-16-13(8-12)10-21-23(16)18(25)26-19(2,3)4/h5-8,10H,1-4H3,(H,22,24). The van der Waals surface area contributed by atoms with Crippen LogP contribution >= 0.6 is 0 Å². The second-order valence-electron chi connectivity index (χ2n) is 6.99. The largest absolute Gasteiger partial charge is 0.442 e. The van der Waals surface area contributed by atoms with E-state index in [0.717, 1.165) is 0 Å². The van der Waals surface area contributed by atoms with Crippen molar-refractivity contribution in [2.24, 2.45) is 0 Å². The van der Waals surface area contributed by atoms with Gasteiger partial charge < -0.3 is 9.72 Å². The first-order chi connectivity index (χ1) is 12.2. The van der Waals surface area contributed by atoms with Crippen LogP contribution in [0.2, 0.25) is 0 Å². The highest BCUT2D eigenvalue weighted by molar-refractivity contribution is 5.91. The minimum atomic E-state index is -0.625. The zero-order valence-electron chi connectivity index (χ0n) is 15.0. The molecule has 0 spiro atoms. The summed E-state index contributed by atoms with van der Waals surface area (Å²) in [6.07, 6.45) is 0.986. The van der Waals surface area contributed by atoms with Crippen LogP contribution in [0.3, 0.4) is 0 Å². The molecule has 1 aromatic carbocycles. The Kier molecular flexibility index (Phi) is 4.12. The molecule has 0 bridgehead atoms. The predicted molar refractivity (Wildman–Crippen MR) is 96.9 cm³/mol. The van der Waals surface area contributed by atoms with Gasteiger partial charge in [-0.2, -0.15) is 15.0 Å². The quantitative estimate of drug-likeness (QED) is 0.725. The van der Waals surface area contributed by atoms with Crippen molar-refractivity contribution in [2.75, 3.05) is 0 Å². The van der Waals surface area contributed by atoms with Gasteiger partial charge in [-0.25, -0.2) is 4.79 Å². The number of rotatable bonds is 1. The van der Waals surface area contributed by atoms with Crippen molar-refractivity contribution in [1.29, 1.82) is 5.26 Å². The number of carbonyl (C=O) groups is 1. The molecule has 7 heteroatoms. The minimum absolute atomic E-state index is 0.0504. The lowest BCUT2D eigenvalue weighted by molar-refractivity contribution is 0.0523. The zero-order chi connectivity index (χ0) is 19.1. The third-order valence-electron chi connectivity index (χ3n) is 3.73. The Morgan fingerprint density at radius 2 is 2.04 bits per heavy atom. The van der Waals surface area contributed by atoms with Crippen molar-refractivity contribution in [3.63, 3.8) is 0 Å². The molecular formula is C19H18N4O3. The van der Waals surface area contributed by atoms with Gasteiger partial charge in [-0.1, -0.05) is 6.07 Å². The van der Waals surface area contributed by atoms with Crippen LogP contribution in [0.1, 0.15) is 32.0 Å². The predicted octanol–water partition coefficient (Wildman–Crippen LogP) is 3.35. The molecule has 2 aromatic heterocycles. The van der Waals surface area contributed by atoms with E-state index in [0.29, 0.717) is 27.7 Å². The number of H-pyrrole nitrogens is 1. The third kappa shape index (κ3) is 3.22. The van der Waals surface area contributed by atoms with Crippen LogP contribution in [0, 0.1) is 18.3 Å². The van der Waals surface area contributed by atoms with E-state index in [2.05, 4.69) is 10.1 Å². The van der Waals surface area contributed by atoms with Crippen LogP contribution in [0.15, 0.2) is 35.3 Å². The Morgan fingerprint density at radius 1 is 1.31 bits per heavy atom. The molecule has 26 heavy (non-hydrogen) atoms. The fourth-order valence-corrected chi connectivity index (χ4v) is 2.68. The number of nitrogens with zero attached hydrogens (tertiary/aromatic N) is 3. The summed E-state index contributed by atoms with van der Waals surface area (Å²) in [6, 6.07) is 8.96. The van der Waals surface area contributed by atoms with Gasteiger partial charge in [0.1, 0.15) is 17.2 Å². The van der Waals surface area contributed by atoms with E-state index in [1.165, 1.54) is 4.68 Å². The van der Waals surface area contributed by atoms with Gasteiger partial charge in [0, 0.05) is 16.6 Å². The van der Waals surface area contributed by atoms with Crippen molar-refractivity contribution < 1.29 is 9.53 Å². The van der Waals surface area contributed by atoms with E-state index < -0.39 is 17.3 Å². The van der Waals surface area contributed by atoms with Gasteiger partial charge in [0.2, 0.25) is 0 Å². The first-order valence-electron chi connectivity index (χ1n) is 8.05. The summed E-state index contributed by atoms with van der Waals surface area (Å²) in [6.45, 7) is 7.11. The van der Waals surface area contributed by atoms with Crippen molar-refractivity contribution >= 4 is 17.0 Å². The number of fused-ring (bicyclic) bond motifs is 1. The van der Waals surface area contributed by atoms with Crippen LogP contribution in [0.4, 0.5) is 4.79 Å². The smallest absolute Gasteiger partial charge is 0.435 e. The number of carbonyl (C=O) groups excluding carboxylic acids is 1. The molecule has 0 amide bonds. The van der Waals surface area contributed by atoms with Crippen molar-refractivity contribution in [1.82, 2.24) is 14.8 Å². The SMILES string of the molecule is Cc1cc(-c2ccc3c(cnn3C(=O)OC(C)(C)C)c2)c(C#N)c(=O)[nH]1. The summed E-state index contributed by atoms with van der Waals surface area (Å²) in [5, 5.41) is 14.1. The first kappa shape index (κ1) is 17.4. The lowest BCUT2D eigenvalue weighted by Crippen LogP contribution is -2.27. The average molecular weight is 350 g/mol. The fourth-order valence-electron chi connectivity index (χ4n) is 2.68. The summed E-state index contributed by atoms with van der Waals surface area (Å²) >= 11 is 0. The van der Waals surface area contributed by atoms with E-state index in [4.69, 9.17) is 4.74 Å². The minimum Gasteiger partial charge on any atom is -0.442 e. The zero-order valence-corrected chi connectivity index (χ0v) is 15.0. The van der Waals surface area contributed by atoms with E-state index >= 15 is 0 Å². The van der Waals surface area contributed by atoms with Crippen molar-refractivity contribution in [3.05, 3.63) is 52.1 Å². The highest BCUT2D eigenvalue weighted by Gasteiger charge is 2.20. The lowest BCUT2D eigenvalue weighted by atomic mass is 10.00. The maximum atomic E-state index is 12.3. The molecule has 0 aliphatic heterocycles.